The van der Waals surface area contributed by atoms with Gasteiger partial charge in [-0.15, -0.1) is 11.3 Å². The number of nitrogens with zero attached hydrogens (tertiary/aromatic N) is 1. The molecule has 2 nitrogen and oxygen atoms in total. The van der Waals surface area contributed by atoms with Crippen LogP contribution in [0.1, 0.15) is 36.8 Å². The minimum atomic E-state index is 0.125. The Morgan fingerprint density at radius 2 is 2.05 bits per heavy atom. The smallest absolute Gasteiger partial charge is 0.183 e. The van der Waals surface area contributed by atoms with Crippen molar-refractivity contribution >= 4 is 28.6 Å². The van der Waals surface area contributed by atoms with Gasteiger partial charge in [-0.2, -0.15) is 0 Å². The van der Waals surface area contributed by atoms with Gasteiger partial charge in [0.15, 0.2) is 4.47 Å². The molecule has 19 heavy (non-hydrogen) atoms. The summed E-state index contributed by atoms with van der Waals surface area (Å²) in [7, 11) is 0. The molecule has 0 spiro atoms. The van der Waals surface area contributed by atoms with Crippen LogP contribution in [0.15, 0.2) is 24.4 Å². The van der Waals surface area contributed by atoms with Gasteiger partial charge in [0.05, 0.1) is 6.54 Å². The van der Waals surface area contributed by atoms with Crippen molar-refractivity contribution in [3.8, 4) is 0 Å². The van der Waals surface area contributed by atoms with E-state index in [1.807, 2.05) is 6.20 Å². The average Bonchev–Trinajstić information content (AvgIpc) is 2.72. The number of para-hydroxylation sites is 1. The van der Waals surface area contributed by atoms with E-state index in [1.165, 1.54) is 28.2 Å². The molecule has 0 aliphatic heterocycles. The molecular formula is C15H19ClN2S. The third-order valence-electron chi connectivity index (χ3n) is 3.05. The van der Waals surface area contributed by atoms with Gasteiger partial charge in [-0.3, -0.25) is 0 Å². The van der Waals surface area contributed by atoms with Crippen molar-refractivity contribution in [2.75, 3.05) is 5.32 Å². The molecule has 0 aliphatic carbocycles. The van der Waals surface area contributed by atoms with Crippen molar-refractivity contribution < 1.29 is 0 Å². The van der Waals surface area contributed by atoms with Gasteiger partial charge in [0.1, 0.15) is 0 Å². The number of thiazole rings is 1. The van der Waals surface area contributed by atoms with E-state index in [2.05, 4.69) is 56.2 Å². The van der Waals surface area contributed by atoms with E-state index in [1.54, 1.807) is 0 Å². The first-order valence-corrected chi connectivity index (χ1v) is 7.51. The Morgan fingerprint density at radius 1 is 1.32 bits per heavy atom. The van der Waals surface area contributed by atoms with Gasteiger partial charge in [0.25, 0.3) is 0 Å². The van der Waals surface area contributed by atoms with Crippen molar-refractivity contribution in [3.63, 3.8) is 0 Å². The Bertz CT molecular complexity index is 570. The van der Waals surface area contributed by atoms with Gasteiger partial charge in [-0.1, -0.05) is 50.6 Å². The van der Waals surface area contributed by atoms with Gasteiger partial charge >= 0.3 is 0 Å². The molecule has 0 bridgehead atoms. The molecule has 0 aliphatic rings. The molecule has 1 N–H and O–H groups in total. The van der Waals surface area contributed by atoms with Crippen LogP contribution >= 0.6 is 22.9 Å². The standard InChI is InChI=1S/C15H19ClN2S/c1-10-6-5-7-12(15(2,3)4)13(10)17-8-11-9-18-14(16)19-11/h5-7,9,17H,8H2,1-4H3. The van der Waals surface area contributed by atoms with Crippen molar-refractivity contribution in [1.82, 2.24) is 4.98 Å². The van der Waals surface area contributed by atoms with Gasteiger partial charge < -0.3 is 5.32 Å². The van der Waals surface area contributed by atoms with Crippen LogP contribution in [-0.2, 0) is 12.0 Å². The van der Waals surface area contributed by atoms with Gasteiger partial charge in [0.2, 0.25) is 0 Å². The summed E-state index contributed by atoms with van der Waals surface area (Å²) < 4.78 is 0.595. The lowest BCUT2D eigenvalue weighted by Gasteiger charge is -2.24. The lowest BCUT2D eigenvalue weighted by molar-refractivity contribution is 0.591. The second-order valence-electron chi connectivity index (χ2n) is 5.68. The van der Waals surface area contributed by atoms with Crippen molar-refractivity contribution in [1.29, 1.82) is 0 Å². The van der Waals surface area contributed by atoms with Crippen LogP contribution in [0.25, 0.3) is 0 Å². The Morgan fingerprint density at radius 3 is 2.63 bits per heavy atom. The zero-order valence-electron chi connectivity index (χ0n) is 11.7. The zero-order chi connectivity index (χ0) is 14.0. The summed E-state index contributed by atoms with van der Waals surface area (Å²) in [5, 5.41) is 3.53. The topological polar surface area (TPSA) is 24.9 Å². The summed E-state index contributed by atoms with van der Waals surface area (Å²) in [4.78, 5) is 5.21. The largest absolute Gasteiger partial charge is 0.380 e. The molecule has 102 valence electrons. The molecule has 1 aromatic carbocycles. The highest BCUT2D eigenvalue weighted by atomic mass is 35.5. The highest BCUT2D eigenvalue weighted by Gasteiger charge is 2.18. The fourth-order valence-corrected chi connectivity index (χ4v) is 2.99. The quantitative estimate of drug-likeness (QED) is 0.860. The number of aromatic nitrogens is 1. The van der Waals surface area contributed by atoms with Crippen LogP contribution in [-0.4, -0.2) is 4.98 Å². The number of aryl methyl sites for hydroxylation is 1. The van der Waals surface area contributed by atoms with Crippen LogP contribution in [0.4, 0.5) is 5.69 Å². The number of anilines is 1. The molecule has 2 rings (SSSR count). The van der Waals surface area contributed by atoms with Crippen molar-refractivity contribution in [2.45, 2.75) is 39.7 Å². The molecule has 4 heteroatoms. The number of hydrogen-bond acceptors (Lipinski definition) is 3. The maximum atomic E-state index is 5.86. The third kappa shape index (κ3) is 3.48. The van der Waals surface area contributed by atoms with E-state index in [0.717, 1.165) is 11.4 Å². The first kappa shape index (κ1) is 14.4. The number of halogens is 1. The first-order chi connectivity index (χ1) is 8.88. The maximum Gasteiger partial charge on any atom is 0.183 e. The van der Waals surface area contributed by atoms with E-state index < -0.39 is 0 Å². The maximum absolute atomic E-state index is 5.86. The van der Waals surface area contributed by atoms with Crippen LogP contribution in [0.2, 0.25) is 4.47 Å². The van der Waals surface area contributed by atoms with Gasteiger partial charge in [-0.25, -0.2) is 4.98 Å². The Labute approximate surface area is 123 Å². The lowest BCUT2D eigenvalue weighted by atomic mass is 9.84. The molecule has 0 unspecified atom stereocenters. The highest BCUT2D eigenvalue weighted by Crippen LogP contribution is 2.32. The van der Waals surface area contributed by atoms with Crippen LogP contribution in [0.3, 0.4) is 0 Å². The second kappa shape index (κ2) is 5.51. The number of nitrogens with one attached hydrogen (secondary N) is 1. The van der Waals surface area contributed by atoms with Gasteiger partial charge in [-0.05, 0) is 23.5 Å². The van der Waals surface area contributed by atoms with E-state index in [9.17, 15) is 0 Å². The SMILES string of the molecule is Cc1cccc(C(C)(C)C)c1NCc1cnc(Cl)s1. The van der Waals surface area contributed by atoms with E-state index in [4.69, 9.17) is 11.6 Å². The molecule has 1 heterocycles. The summed E-state index contributed by atoms with van der Waals surface area (Å²) in [5.74, 6) is 0. The molecule has 0 fully saturated rings. The molecule has 0 amide bonds. The Balaban J connectivity index is 2.24. The fourth-order valence-electron chi connectivity index (χ4n) is 2.07. The molecule has 0 radical (unpaired) electrons. The second-order valence-corrected chi connectivity index (χ2v) is 7.38. The average molecular weight is 295 g/mol. The molecule has 0 atom stereocenters. The Kier molecular flexibility index (Phi) is 4.16. The van der Waals surface area contributed by atoms with Crippen LogP contribution < -0.4 is 5.32 Å². The minimum absolute atomic E-state index is 0.125. The normalized spacial score (nSPS) is 11.6. The summed E-state index contributed by atoms with van der Waals surface area (Å²) in [6.07, 6.45) is 1.83. The highest BCUT2D eigenvalue weighted by molar-refractivity contribution is 7.15. The minimum Gasteiger partial charge on any atom is -0.380 e. The van der Waals surface area contributed by atoms with Gasteiger partial charge in [0, 0.05) is 16.8 Å². The lowest BCUT2D eigenvalue weighted by Crippen LogP contribution is -2.15. The first-order valence-electron chi connectivity index (χ1n) is 6.32. The number of benzene rings is 1. The molecule has 0 saturated heterocycles. The van der Waals surface area contributed by atoms with E-state index >= 15 is 0 Å². The molecular weight excluding hydrogens is 276 g/mol. The number of rotatable bonds is 3. The van der Waals surface area contributed by atoms with E-state index in [-0.39, 0.29) is 5.41 Å². The van der Waals surface area contributed by atoms with Crippen LogP contribution in [0, 0.1) is 6.92 Å². The van der Waals surface area contributed by atoms with Crippen molar-refractivity contribution in [2.24, 2.45) is 0 Å². The predicted molar refractivity (Wildman–Crippen MR) is 84.3 cm³/mol. The summed E-state index contributed by atoms with van der Waals surface area (Å²) >= 11 is 7.37. The van der Waals surface area contributed by atoms with E-state index in [0.29, 0.717) is 4.47 Å². The monoisotopic (exact) mass is 294 g/mol. The number of hydrogen-bond donors (Lipinski definition) is 1. The summed E-state index contributed by atoms with van der Waals surface area (Å²) in [6.45, 7) is 9.60. The predicted octanol–water partition coefficient (Wildman–Crippen LogP) is 5.01. The zero-order valence-corrected chi connectivity index (χ0v) is 13.3. The van der Waals surface area contributed by atoms with Crippen LogP contribution in [0.5, 0.6) is 0 Å². The fraction of sp³-hybridized carbons (Fsp3) is 0.400. The summed E-state index contributed by atoms with van der Waals surface area (Å²) in [6, 6.07) is 6.44. The molecule has 0 saturated carbocycles. The third-order valence-corrected chi connectivity index (χ3v) is 4.16. The Hall–Kier alpha value is -1.06. The van der Waals surface area contributed by atoms with Crippen molar-refractivity contribution in [3.05, 3.63) is 44.9 Å². The molecule has 1 aromatic heterocycles. The molecule has 2 aromatic rings. The summed E-state index contributed by atoms with van der Waals surface area (Å²) in [5.41, 5.74) is 3.95.